The van der Waals surface area contributed by atoms with Gasteiger partial charge in [0.15, 0.2) is 5.79 Å². The number of likely N-dealkylation sites (N-methyl/N-ethyl adjacent to an activating group) is 1. The van der Waals surface area contributed by atoms with Crippen LogP contribution in [0.25, 0.3) is 0 Å². The third-order valence-electron chi connectivity index (χ3n) is 8.87. The smallest absolute Gasteiger partial charge is 0.239 e. The van der Waals surface area contributed by atoms with Gasteiger partial charge in [-0.1, -0.05) is 66.7 Å². The fourth-order valence-electron chi connectivity index (χ4n) is 7.51. The van der Waals surface area contributed by atoms with E-state index < -0.39 is 16.6 Å². The van der Waals surface area contributed by atoms with E-state index in [9.17, 15) is 9.59 Å². The average Bonchev–Trinajstić information content (AvgIpc) is 3.41. The van der Waals surface area contributed by atoms with Crippen molar-refractivity contribution in [3.8, 4) is 0 Å². The molecule has 4 aliphatic rings. The number of rotatable bonds is 2. The normalized spacial score (nSPS) is 31.2. The highest BCUT2D eigenvalue weighted by Gasteiger charge is 2.74. The summed E-state index contributed by atoms with van der Waals surface area (Å²) in [4.78, 5) is 33.1. The van der Waals surface area contributed by atoms with Gasteiger partial charge in [0, 0.05) is 18.4 Å². The van der Waals surface area contributed by atoms with Gasteiger partial charge in [-0.3, -0.25) is 9.59 Å². The lowest BCUT2D eigenvalue weighted by atomic mass is 9.50. The monoisotopic (exact) mass is 494 g/mol. The van der Waals surface area contributed by atoms with Crippen molar-refractivity contribution >= 4 is 23.2 Å². The lowest BCUT2D eigenvalue weighted by molar-refractivity contribution is -0.146. The maximum Gasteiger partial charge on any atom is 0.239 e. The Morgan fingerprint density at radius 3 is 1.89 bits per heavy atom. The summed E-state index contributed by atoms with van der Waals surface area (Å²) in [5, 5.41) is 0. The molecule has 3 aromatic rings. The summed E-state index contributed by atoms with van der Waals surface area (Å²) in [7, 11) is 1.82. The number of anilines is 2. The Balaban J connectivity index is 1.49. The summed E-state index contributed by atoms with van der Waals surface area (Å²) in [5.74, 6) is -0.868. The average molecular weight is 495 g/mol. The zero-order valence-electron chi connectivity index (χ0n) is 21.3. The van der Waals surface area contributed by atoms with Gasteiger partial charge in [0.05, 0.1) is 29.6 Å². The molecule has 1 saturated heterocycles. The molecule has 2 amide bonds. The van der Waals surface area contributed by atoms with E-state index in [0.29, 0.717) is 19.4 Å². The zero-order valence-corrected chi connectivity index (χ0v) is 21.3. The molecule has 6 heteroatoms. The van der Waals surface area contributed by atoms with Crippen LogP contribution in [-0.4, -0.2) is 36.9 Å². The van der Waals surface area contributed by atoms with E-state index in [1.165, 1.54) is 0 Å². The number of nitrogens with zero attached hydrogens (tertiary/aromatic N) is 2. The highest BCUT2D eigenvalue weighted by molar-refractivity contribution is 6.18. The van der Waals surface area contributed by atoms with E-state index in [0.717, 1.165) is 28.1 Å². The number of hydrogen-bond acceptors (Lipinski definition) is 4. The van der Waals surface area contributed by atoms with Crippen LogP contribution in [0.3, 0.4) is 0 Å². The van der Waals surface area contributed by atoms with Crippen molar-refractivity contribution in [1.29, 1.82) is 0 Å². The molecule has 0 bridgehead atoms. The third-order valence-corrected chi connectivity index (χ3v) is 8.87. The van der Waals surface area contributed by atoms with Crippen LogP contribution >= 0.6 is 0 Å². The summed E-state index contributed by atoms with van der Waals surface area (Å²) < 4.78 is 12.8. The molecule has 7 rings (SSSR count). The summed E-state index contributed by atoms with van der Waals surface area (Å²) in [6.07, 6.45) is 0.198. The molecule has 37 heavy (non-hydrogen) atoms. The van der Waals surface area contributed by atoms with Gasteiger partial charge in [-0.25, -0.2) is 0 Å². The summed E-state index contributed by atoms with van der Waals surface area (Å²) in [6, 6.07) is 25.9. The van der Waals surface area contributed by atoms with Gasteiger partial charge in [-0.15, -0.1) is 0 Å². The fourth-order valence-corrected chi connectivity index (χ4v) is 7.51. The molecular formula is C31H30N2O4. The van der Waals surface area contributed by atoms with Crippen molar-refractivity contribution in [1.82, 2.24) is 0 Å². The lowest BCUT2D eigenvalue weighted by Crippen LogP contribution is -2.65. The van der Waals surface area contributed by atoms with Crippen LogP contribution in [-0.2, 0) is 36.4 Å². The van der Waals surface area contributed by atoms with Crippen molar-refractivity contribution in [2.24, 2.45) is 0 Å². The number of fused-ring (bicyclic) bond motifs is 6. The predicted molar refractivity (Wildman–Crippen MR) is 140 cm³/mol. The minimum Gasteiger partial charge on any atom is -0.345 e. The van der Waals surface area contributed by atoms with E-state index in [4.69, 9.17) is 9.47 Å². The van der Waals surface area contributed by atoms with Gasteiger partial charge >= 0.3 is 0 Å². The molecule has 0 aromatic heterocycles. The Bertz CT molecular complexity index is 1440. The molecule has 1 saturated carbocycles. The Labute approximate surface area is 216 Å². The zero-order chi connectivity index (χ0) is 25.6. The molecule has 4 atom stereocenters. The Morgan fingerprint density at radius 2 is 1.24 bits per heavy atom. The van der Waals surface area contributed by atoms with Crippen LogP contribution in [0.15, 0.2) is 78.9 Å². The van der Waals surface area contributed by atoms with Crippen LogP contribution in [0, 0.1) is 0 Å². The van der Waals surface area contributed by atoms with E-state index in [1.54, 1.807) is 4.90 Å². The maximum absolute atomic E-state index is 15.0. The first kappa shape index (κ1) is 22.7. The van der Waals surface area contributed by atoms with Gasteiger partial charge in [0.25, 0.3) is 0 Å². The van der Waals surface area contributed by atoms with Gasteiger partial charge in [-0.2, -0.15) is 0 Å². The van der Waals surface area contributed by atoms with Crippen LogP contribution in [0.5, 0.6) is 0 Å². The molecule has 0 unspecified atom stereocenters. The molecular weight excluding hydrogens is 464 g/mol. The number of amides is 2. The van der Waals surface area contributed by atoms with E-state index >= 15 is 0 Å². The van der Waals surface area contributed by atoms with Crippen molar-refractivity contribution in [3.05, 3.63) is 95.6 Å². The van der Waals surface area contributed by atoms with Crippen LogP contribution in [0.1, 0.15) is 43.4 Å². The fraction of sp³-hybridized carbons (Fsp3) is 0.355. The van der Waals surface area contributed by atoms with E-state index in [2.05, 4.69) is 0 Å². The van der Waals surface area contributed by atoms with Crippen LogP contribution in [0.2, 0.25) is 0 Å². The topological polar surface area (TPSA) is 59.1 Å². The van der Waals surface area contributed by atoms with E-state index in [-0.39, 0.29) is 24.0 Å². The van der Waals surface area contributed by atoms with Gasteiger partial charge in [0.1, 0.15) is 0 Å². The number of carbonyl (C=O) groups excluding carboxylic acids is 2. The summed E-state index contributed by atoms with van der Waals surface area (Å²) >= 11 is 0. The summed E-state index contributed by atoms with van der Waals surface area (Å²) in [5.41, 5.74) is 2.37. The van der Waals surface area contributed by atoms with Crippen molar-refractivity contribution in [2.75, 3.05) is 16.8 Å². The molecule has 3 heterocycles. The van der Waals surface area contributed by atoms with Gasteiger partial charge < -0.3 is 19.3 Å². The Morgan fingerprint density at radius 1 is 0.730 bits per heavy atom. The van der Waals surface area contributed by atoms with Gasteiger partial charge in [-0.05, 0) is 55.5 Å². The minimum absolute atomic E-state index is 0.0391. The van der Waals surface area contributed by atoms with Crippen LogP contribution in [0.4, 0.5) is 11.4 Å². The second-order valence-electron chi connectivity index (χ2n) is 11.2. The molecule has 2 spiro atoms. The number of carbonyl (C=O) groups is 2. The highest BCUT2D eigenvalue weighted by Crippen LogP contribution is 2.65. The summed E-state index contributed by atoms with van der Waals surface area (Å²) in [6.45, 7) is 4.26. The molecule has 0 N–H and O–H groups in total. The Kier molecular flexibility index (Phi) is 4.62. The number of hydrogen-bond donors (Lipinski definition) is 0. The van der Waals surface area contributed by atoms with E-state index in [1.807, 2.05) is 105 Å². The molecule has 2 fully saturated rings. The maximum atomic E-state index is 15.0. The molecule has 3 aliphatic heterocycles. The Hall–Kier alpha value is -3.48. The molecule has 3 aromatic carbocycles. The number of para-hydroxylation sites is 2. The SMILES string of the molecule is CN1C(=O)[C@@]2(C[C@H]3OC(C)(C)O[C@@H]3C[C@@]23C(=O)N(Cc2ccccc2)c2ccccc23)c2ccccc21. The second kappa shape index (κ2) is 7.53. The molecule has 6 nitrogen and oxygen atoms in total. The first-order valence-corrected chi connectivity index (χ1v) is 13.0. The highest BCUT2D eigenvalue weighted by atomic mass is 16.8. The third kappa shape index (κ3) is 2.83. The standard InChI is InChI=1S/C31H30N2O4/c1-29(2)36-25-17-30(21-13-7-9-15-23(21)32(3)27(30)34)31(18-26(25)37-29)22-14-8-10-16-24(22)33(28(31)35)19-20-11-5-4-6-12-20/h4-16,25-26H,17-19H2,1-3H3/t25-,26-,30-,31-/m1/s1. The quantitative estimate of drug-likeness (QED) is 0.518. The van der Waals surface area contributed by atoms with Crippen LogP contribution < -0.4 is 9.80 Å². The molecule has 1 aliphatic carbocycles. The first-order valence-electron chi connectivity index (χ1n) is 13.0. The first-order chi connectivity index (χ1) is 17.8. The number of benzene rings is 3. The second-order valence-corrected chi connectivity index (χ2v) is 11.2. The molecule has 0 radical (unpaired) electrons. The largest absolute Gasteiger partial charge is 0.345 e. The molecule has 188 valence electrons. The lowest BCUT2D eigenvalue weighted by Gasteiger charge is -2.50. The van der Waals surface area contributed by atoms with Crippen molar-refractivity contribution in [2.45, 2.75) is 62.1 Å². The van der Waals surface area contributed by atoms with Gasteiger partial charge in [0.2, 0.25) is 11.8 Å². The number of ether oxygens (including phenoxy) is 2. The predicted octanol–water partition coefficient (Wildman–Crippen LogP) is 4.70. The van der Waals surface area contributed by atoms with Crippen molar-refractivity contribution in [3.63, 3.8) is 0 Å². The van der Waals surface area contributed by atoms with Crippen molar-refractivity contribution < 1.29 is 19.1 Å². The minimum atomic E-state index is -1.11.